The molecule has 3 aromatic carbocycles. The molecule has 0 saturated carbocycles. The number of nitrogens with zero attached hydrogens (tertiary/aromatic N) is 2. The number of amides is 1. The molecule has 1 aromatic heterocycles. The summed E-state index contributed by atoms with van der Waals surface area (Å²) in [6.45, 7) is 0. The molecule has 0 saturated heterocycles. The van der Waals surface area contributed by atoms with Crippen molar-refractivity contribution >= 4 is 39.9 Å². The summed E-state index contributed by atoms with van der Waals surface area (Å²) in [5.41, 5.74) is 4.41. The fraction of sp³-hybridized carbons (Fsp3) is 0.0909. The fourth-order valence-electron chi connectivity index (χ4n) is 3.04. The summed E-state index contributed by atoms with van der Waals surface area (Å²) in [6, 6.07) is 17.4. The van der Waals surface area contributed by atoms with E-state index in [1.807, 2.05) is 37.2 Å². The first-order chi connectivity index (χ1) is 13.9. The Morgan fingerprint density at radius 3 is 2.69 bits per heavy atom. The number of carbonyl (C=O) groups excluding carboxylic acids is 1. The number of H-pyrrole nitrogens is 1. The average Bonchev–Trinajstić information content (AvgIpc) is 3.12. The van der Waals surface area contributed by atoms with Gasteiger partial charge in [-0.2, -0.15) is 0 Å². The molecule has 4 rings (SSSR count). The predicted molar refractivity (Wildman–Crippen MR) is 117 cm³/mol. The highest BCUT2D eigenvalue weighted by molar-refractivity contribution is 6.33. The van der Waals surface area contributed by atoms with E-state index in [2.05, 4.69) is 15.3 Å². The Morgan fingerprint density at radius 1 is 1.10 bits per heavy atom. The molecule has 0 aliphatic rings. The zero-order chi connectivity index (χ0) is 20.5. The Hall–Kier alpha value is -3.51. The second kappa shape index (κ2) is 7.48. The van der Waals surface area contributed by atoms with E-state index in [0.717, 1.165) is 16.7 Å². The van der Waals surface area contributed by atoms with Gasteiger partial charge in [-0.3, -0.25) is 4.79 Å². The van der Waals surface area contributed by atoms with Crippen molar-refractivity contribution < 1.29 is 9.90 Å². The van der Waals surface area contributed by atoms with E-state index in [4.69, 9.17) is 11.6 Å². The zero-order valence-electron chi connectivity index (χ0n) is 15.9. The van der Waals surface area contributed by atoms with Crippen LogP contribution in [0.4, 0.5) is 11.4 Å². The summed E-state index contributed by atoms with van der Waals surface area (Å²) in [5.74, 6) is 0.331. The molecule has 146 valence electrons. The molecule has 4 aromatic rings. The molecule has 6 nitrogen and oxygen atoms in total. The van der Waals surface area contributed by atoms with Gasteiger partial charge in [0, 0.05) is 36.6 Å². The fourth-order valence-corrected chi connectivity index (χ4v) is 3.25. The summed E-state index contributed by atoms with van der Waals surface area (Å²) < 4.78 is 0. The van der Waals surface area contributed by atoms with E-state index in [9.17, 15) is 9.90 Å². The van der Waals surface area contributed by atoms with Crippen molar-refractivity contribution in [2.24, 2.45) is 0 Å². The molecule has 0 unspecified atom stereocenters. The predicted octanol–water partition coefficient (Wildman–Crippen LogP) is 4.91. The van der Waals surface area contributed by atoms with Crippen molar-refractivity contribution in [1.29, 1.82) is 0 Å². The minimum Gasteiger partial charge on any atom is -0.508 e. The maximum absolute atomic E-state index is 12.5. The number of imidazole rings is 1. The number of aromatic amines is 1. The van der Waals surface area contributed by atoms with E-state index in [-0.39, 0.29) is 11.7 Å². The van der Waals surface area contributed by atoms with E-state index >= 15 is 0 Å². The Balaban J connectivity index is 1.66. The SMILES string of the molecule is CN(C)c1ccc2nc(-c3cc(NC(=O)c4cccc(O)c4)ccc3Cl)[nH]c2c1. The van der Waals surface area contributed by atoms with Gasteiger partial charge in [0.1, 0.15) is 11.6 Å². The number of nitrogens with one attached hydrogen (secondary N) is 2. The van der Waals surface area contributed by atoms with Crippen molar-refractivity contribution in [3.63, 3.8) is 0 Å². The van der Waals surface area contributed by atoms with Gasteiger partial charge >= 0.3 is 0 Å². The maximum Gasteiger partial charge on any atom is 0.255 e. The molecule has 0 fully saturated rings. The van der Waals surface area contributed by atoms with Crippen molar-refractivity contribution in [2.45, 2.75) is 0 Å². The lowest BCUT2D eigenvalue weighted by atomic mass is 10.1. The first-order valence-corrected chi connectivity index (χ1v) is 9.36. The van der Waals surface area contributed by atoms with E-state index < -0.39 is 0 Å². The van der Waals surface area contributed by atoms with Gasteiger partial charge in [-0.25, -0.2) is 4.98 Å². The molecule has 0 radical (unpaired) electrons. The van der Waals surface area contributed by atoms with Gasteiger partial charge in [-0.1, -0.05) is 17.7 Å². The van der Waals surface area contributed by atoms with Gasteiger partial charge < -0.3 is 20.3 Å². The third kappa shape index (κ3) is 3.88. The number of rotatable bonds is 4. The number of halogens is 1. The first kappa shape index (κ1) is 18.8. The third-order valence-electron chi connectivity index (χ3n) is 4.57. The number of benzene rings is 3. The van der Waals surface area contributed by atoms with Gasteiger partial charge in [-0.05, 0) is 54.6 Å². The van der Waals surface area contributed by atoms with Crippen LogP contribution in [0.1, 0.15) is 10.4 Å². The summed E-state index contributed by atoms with van der Waals surface area (Å²) in [6.07, 6.45) is 0. The van der Waals surface area contributed by atoms with Crippen molar-refractivity contribution in [3.8, 4) is 17.1 Å². The third-order valence-corrected chi connectivity index (χ3v) is 4.90. The molecular weight excluding hydrogens is 388 g/mol. The van der Waals surface area contributed by atoms with Gasteiger partial charge in [0.05, 0.1) is 16.1 Å². The van der Waals surface area contributed by atoms with Crippen LogP contribution in [-0.4, -0.2) is 35.1 Å². The summed E-state index contributed by atoms with van der Waals surface area (Å²) >= 11 is 6.40. The first-order valence-electron chi connectivity index (χ1n) is 8.98. The minimum atomic E-state index is -0.325. The number of hydrogen-bond acceptors (Lipinski definition) is 4. The average molecular weight is 407 g/mol. The Kier molecular flexibility index (Phi) is 4.86. The van der Waals surface area contributed by atoms with Crippen LogP contribution >= 0.6 is 11.6 Å². The van der Waals surface area contributed by atoms with E-state index in [0.29, 0.717) is 27.7 Å². The standard InChI is InChI=1S/C22H19ClN4O2/c1-27(2)15-7-9-19-20(12-15)26-21(25-19)17-11-14(6-8-18(17)23)24-22(29)13-4-3-5-16(28)10-13/h3-12,28H,1-2H3,(H,24,29)(H,25,26). The number of aromatic nitrogens is 2. The van der Waals surface area contributed by atoms with Crippen molar-refractivity contribution in [3.05, 3.63) is 71.2 Å². The van der Waals surface area contributed by atoms with Crippen LogP contribution < -0.4 is 10.2 Å². The molecule has 0 atom stereocenters. The molecule has 0 bridgehead atoms. The Morgan fingerprint density at radius 2 is 1.93 bits per heavy atom. The lowest BCUT2D eigenvalue weighted by molar-refractivity contribution is 0.102. The lowest BCUT2D eigenvalue weighted by Gasteiger charge is -2.11. The topological polar surface area (TPSA) is 81.2 Å². The number of fused-ring (bicyclic) bond motifs is 1. The normalized spacial score (nSPS) is 10.9. The van der Waals surface area contributed by atoms with Crippen LogP contribution in [0, 0.1) is 0 Å². The second-order valence-electron chi connectivity index (χ2n) is 6.88. The summed E-state index contributed by atoms with van der Waals surface area (Å²) in [4.78, 5) is 22.4. The second-order valence-corrected chi connectivity index (χ2v) is 7.29. The van der Waals surface area contributed by atoms with Crippen LogP contribution in [-0.2, 0) is 0 Å². The highest BCUT2D eigenvalue weighted by Gasteiger charge is 2.13. The monoisotopic (exact) mass is 406 g/mol. The minimum absolute atomic E-state index is 0.0359. The zero-order valence-corrected chi connectivity index (χ0v) is 16.7. The highest BCUT2D eigenvalue weighted by Crippen LogP contribution is 2.31. The molecule has 1 heterocycles. The van der Waals surface area contributed by atoms with Gasteiger partial charge in [-0.15, -0.1) is 0 Å². The van der Waals surface area contributed by atoms with Gasteiger partial charge in [0.2, 0.25) is 0 Å². The number of hydrogen-bond donors (Lipinski definition) is 3. The Labute approximate surface area is 172 Å². The van der Waals surface area contributed by atoms with Crippen LogP contribution in [0.2, 0.25) is 5.02 Å². The molecule has 7 heteroatoms. The van der Waals surface area contributed by atoms with Gasteiger partial charge in [0.15, 0.2) is 0 Å². The number of anilines is 2. The largest absolute Gasteiger partial charge is 0.508 e. The molecule has 0 spiro atoms. The molecule has 1 amide bonds. The van der Waals surface area contributed by atoms with E-state index in [1.54, 1.807) is 30.3 Å². The quantitative estimate of drug-likeness (QED) is 0.450. The number of aromatic hydroxyl groups is 1. The molecular formula is C22H19ClN4O2. The summed E-state index contributed by atoms with van der Waals surface area (Å²) in [5, 5.41) is 12.9. The van der Waals surface area contributed by atoms with Crippen LogP contribution in [0.5, 0.6) is 5.75 Å². The van der Waals surface area contributed by atoms with Crippen molar-refractivity contribution in [2.75, 3.05) is 24.3 Å². The molecule has 29 heavy (non-hydrogen) atoms. The smallest absolute Gasteiger partial charge is 0.255 e. The highest BCUT2D eigenvalue weighted by atomic mass is 35.5. The number of phenols is 1. The molecule has 0 aliphatic heterocycles. The lowest BCUT2D eigenvalue weighted by Crippen LogP contribution is -2.11. The van der Waals surface area contributed by atoms with Crippen molar-refractivity contribution in [1.82, 2.24) is 9.97 Å². The van der Waals surface area contributed by atoms with Crippen LogP contribution in [0.25, 0.3) is 22.4 Å². The Bertz CT molecular complexity index is 1220. The van der Waals surface area contributed by atoms with E-state index in [1.165, 1.54) is 12.1 Å². The molecule has 0 aliphatic carbocycles. The maximum atomic E-state index is 12.5. The molecule has 3 N–H and O–H groups in total. The number of carbonyl (C=O) groups is 1. The van der Waals surface area contributed by atoms with Gasteiger partial charge in [0.25, 0.3) is 5.91 Å². The number of phenolic OH excluding ortho intramolecular Hbond substituents is 1. The van der Waals surface area contributed by atoms with Crippen LogP contribution in [0.3, 0.4) is 0 Å². The summed E-state index contributed by atoms with van der Waals surface area (Å²) in [7, 11) is 3.96. The van der Waals surface area contributed by atoms with Crippen LogP contribution in [0.15, 0.2) is 60.7 Å².